The molecule has 0 aliphatic heterocycles. The molecule has 24 heavy (non-hydrogen) atoms. The summed E-state index contributed by atoms with van der Waals surface area (Å²) in [5, 5.41) is -4.97. The molecule has 4 aliphatic carbocycles. The van der Waals surface area contributed by atoms with Crippen molar-refractivity contribution in [1.29, 1.82) is 0 Å². The molecule has 6 nitrogen and oxygen atoms in total. The molecule has 6 unspecified atom stereocenters. The van der Waals surface area contributed by atoms with Crippen molar-refractivity contribution in [1.82, 2.24) is 0 Å². The zero-order valence-corrected chi connectivity index (χ0v) is 14.0. The summed E-state index contributed by atoms with van der Waals surface area (Å²) in [5.74, 6) is -1.33. The molecule has 4 fully saturated rings. The maximum atomic E-state index is 13.7. The van der Waals surface area contributed by atoms with Crippen molar-refractivity contribution in [2.75, 3.05) is 13.7 Å². The average molecular weight is 366 g/mol. The van der Waals surface area contributed by atoms with Gasteiger partial charge in [0.25, 0.3) is 0 Å². The highest BCUT2D eigenvalue weighted by molar-refractivity contribution is 7.87. The van der Waals surface area contributed by atoms with Gasteiger partial charge in [-0.15, -0.1) is 0 Å². The summed E-state index contributed by atoms with van der Waals surface area (Å²) in [6.45, 7) is -0.0309. The van der Waals surface area contributed by atoms with E-state index >= 15 is 0 Å². The van der Waals surface area contributed by atoms with Crippen molar-refractivity contribution < 1.29 is 36.0 Å². The van der Waals surface area contributed by atoms with Crippen molar-refractivity contribution in [2.24, 2.45) is 29.1 Å². The number of carbonyl (C=O) groups excluding carboxylic acids is 1. The lowest BCUT2D eigenvalue weighted by Gasteiger charge is -2.53. The first kappa shape index (κ1) is 16.7. The van der Waals surface area contributed by atoms with Gasteiger partial charge in [0.05, 0.1) is 6.61 Å². The van der Waals surface area contributed by atoms with Crippen LogP contribution in [-0.2, 0) is 24.4 Å². The fourth-order valence-corrected chi connectivity index (χ4v) is 6.62. The quantitative estimate of drug-likeness (QED) is 0.590. The van der Waals surface area contributed by atoms with Gasteiger partial charge in [0.1, 0.15) is 5.60 Å². The third-order valence-electron chi connectivity index (χ3n) is 7.05. The Hall–Kier alpha value is -0.800. The van der Waals surface area contributed by atoms with Crippen LogP contribution in [0.15, 0.2) is 0 Å². The number of rotatable bonds is 5. The standard InChI is InChI=1S/C15H20F2O6S/c1-22-7-14(23-12(18)15(16,17)24(19,20)21)10-3-8-2-9-4-11(14)13(9,5-8)6-10/h8-11H,2-7H2,1H3,(H,19,20,21). The smallest absolute Gasteiger partial charge is 0.451 e. The van der Waals surface area contributed by atoms with Crippen molar-refractivity contribution in [3.63, 3.8) is 0 Å². The topological polar surface area (TPSA) is 89.9 Å². The highest BCUT2D eigenvalue weighted by Gasteiger charge is 2.77. The molecule has 0 amide bonds. The number of esters is 1. The van der Waals surface area contributed by atoms with E-state index in [0.717, 1.165) is 32.1 Å². The van der Waals surface area contributed by atoms with Gasteiger partial charge in [0.2, 0.25) is 0 Å². The first-order chi connectivity index (χ1) is 11.1. The molecule has 9 heteroatoms. The van der Waals surface area contributed by atoms with Gasteiger partial charge >= 0.3 is 21.3 Å². The van der Waals surface area contributed by atoms with Gasteiger partial charge in [-0.2, -0.15) is 17.2 Å². The van der Waals surface area contributed by atoms with E-state index in [1.807, 2.05) is 0 Å². The predicted octanol–water partition coefficient (Wildman–Crippen LogP) is 1.85. The second-order valence-electron chi connectivity index (χ2n) is 7.93. The van der Waals surface area contributed by atoms with Gasteiger partial charge in [0, 0.05) is 18.9 Å². The van der Waals surface area contributed by atoms with Gasteiger partial charge in [-0.25, -0.2) is 4.79 Å². The molecule has 4 aliphatic rings. The summed E-state index contributed by atoms with van der Waals surface area (Å²) in [6.07, 6.45) is 4.55. The molecule has 1 spiro atoms. The van der Waals surface area contributed by atoms with Crippen LogP contribution in [0.2, 0.25) is 0 Å². The molecule has 6 atom stereocenters. The van der Waals surface area contributed by atoms with E-state index in [0.29, 0.717) is 11.8 Å². The zero-order valence-electron chi connectivity index (χ0n) is 13.2. The number of fused-ring (bicyclic) bond motifs is 2. The molecule has 0 heterocycles. The molecule has 136 valence electrons. The minimum atomic E-state index is -5.87. The molecule has 0 aromatic heterocycles. The Bertz CT molecular complexity index is 694. The molecule has 3 bridgehead atoms. The Balaban J connectivity index is 1.68. The predicted molar refractivity (Wildman–Crippen MR) is 76.7 cm³/mol. The maximum absolute atomic E-state index is 13.7. The third kappa shape index (κ3) is 1.81. The first-order valence-corrected chi connectivity index (χ1v) is 9.58. The molecule has 0 saturated heterocycles. The summed E-state index contributed by atoms with van der Waals surface area (Å²) in [7, 11) is -4.46. The van der Waals surface area contributed by atoms with Gasteiger partial charge in [-0.1, -0.05) is 0 Å². The highest BCUT2D eigenvalue weighted by Crippen LogP contribution is 2.78. The van der Waals surface area contributed by atoms with E-state index in [1.165, 1.54) is 7.11 Å². The Kier molecular flexibility index (Phi) is 3.24. The Morgan fingerprint density at radius 2 is 1.92 bits per heavy atom. The largest absolute Gasteiger partial charge is 0.465 e. The number of ether oxygens (including phenoxy) is 2. The van der Waals surface area contributed by atoms with Crippen molar-refractivity contribution in [3.05, 3.63) is 0 Å². The minimum absolute atomic E-state index is 0.0275. The molecule has 1 N–H and O–H groups in total. The Morgan fingerprint density at radius 1 is 1.25 bits per heavy atom. The van der Waals surface area contributed by atoms with E-state index in [2.05, 4.69) is 0 Å². The summed E-state index contributed by atoms with van der Waals surface area (Å²) < 4.78 is 68.2. The van der Waals surface area contributed by atoms with Crippen LogP contribution >= 0.6 is 0 Å². The van der Waals surface area contributed by atoms with E-state index in [4.69, 9.17) is 14.0 Å². The van der Waals surface area contributed by atoms with Crippen LogP contribution in [0.3, 0.4) is 0 Å². The molecule has 0 aromatic rings. The van der Waals surface area contributed by atoms with Gasteiger partial charge < -0.3 is 9.47 Å². The minimum Gasteiger partial charge on any atom is -0.451 e. The summed E-state index contributed by atoms with van der Waals surface area (Å²) >= 11 is 0. The van der Waals surface area contributed by atoms with Crippen LogP contribution in [0.5, 0.6) is 0 Å². The van der Waals surface area contributed by atoms with Crippen LogP contribution in [-0.4, -0.2) is 43.5 Å². The Labute approximate surface area is 138 Å². The van der Waals surface area contributed by atoms with Crippen LogP contribution in [0.25, 0.3) is 0 Å². The Morgan fingerprint density at radius 3 is 2.54 bits per heavy atom. The normalized spacial score (nSPS) is 45.8. The van der Waals surface area contributed by atoms with Gasteiger partial charge in [-0.3, -0.25) is 4.55 Å². The van der Waals surface area contributed by atoms with Crippen molar-refractivity contribution in [3.8, 4) is 0 Å². The summed E-state index contributed by atoms with van der Waals surface area (Å²) in [6, 6.07) is 0. The molecule has 0 radical (unpaired) electrons. The SMILES string of the molecule is COCC1(OC(=O)C(F)(F)S(=O)(=O)O)C2CC3CC4CC1C4(C3)C2. The van der Waals surface area contributed by atoms with Gasteiger partial charge in [0.15, 0.2) is 0 Å². The van der Waals surface area contributed by atoms with E-state index in [-0.39, 0.29) is 23.9 Å². The van der Waals surface area contributed by atoms with Crippen LogP contribution < -0.4 is 0 Å². The highest BCUT2D eigenvalue weighted by atomic mass is 32.2. The van der Waals surface area contributed by atoms with E-state index in [9.17, 15) is 22.0 Å². The second kappa shape index (κ2) is 4.67. The lowest BCUT2D eigenvalue weighted by molar-refractivity contribution is -0.209. The fourth-order valence-electron chi connectivity index (χ4n) is 6.37. The lowest BCUT2D eigenvalue weighted by atomic mass is 9.53. The van der Waals surface area contributed by atoms with E-state index in [1.54, 1.807) is 0 Å². The third-order valence-corrected chi connectivity index (χ3v) is 7.87. The van der Waals surface area contributed by atoms with Crippen LogP contribution in [0.4, 0.5) is 8.78 Å². The van der Waals surface area contributed by atoms with Crippen molar-refractivity contribution in [2.45, 2.75) is 43.0 Å². The lowest BCUT2D eigenvalue weighted by Crippen LogP contribution is -2.58. The maximum Gasteiger partial charge on any atom is 0.465 e. The number of hydrogen-bond donors (Lipinski definition) is 1. The second-order valence-corrected chi connectivity index (χ2v) is 9.39. The summed E-state index contributed by atoms with van der Waals surface area (Å²) in [4.78, 5) is 11.9. The van der Waals surface area contributed by atoms with E-state index < -0.39 is 26.9 Å². The molecular weight excluding hydrogens is 346 g/mol. The first-order valence-electron chi connectivity index (χ1n) is 8.14. The number of hydrogen-bond acceptors (Lipinski definition) is 5. The van der Waals surface area contributed by atoms with Crippen molar-refractivity contribution >= 4 is 16.1 Å². The van der Waals surface area contributed by atoms with Gasteiger partial charge in [-0.05, 0) is 49.4 Å². The van der Waals surface area contributed by atoms with Crippen LogP contribution in [0, 0.1) is 29.1 Å². The number of halogens is 2. The monoisotopic (exact) mass is 366 g/mol. The molecule has 0 aromatic carbocycles. The number of methoxy groups -OCH3 is 1. The average Bonchev–Trinajstić information content (AvgIpc) is 2.73. The molecule has 4 rings (SSSR count). The summed E-state index contributed by atoms with van der Waals surface area (Å²) in [5.41, 5.74) is -1.19. The molecule has 4 saturated carbocycles. The van der Waals surface area contributed by atoms with Crippen LogP contribution in [0.1, 0.15) is 32.1 Å². The molecular formula is C15H20F2O6S. The number of carbonyl (C=O) groups is 1. The number of alkyl halides is 2. The fraction of sp³-hybridized carbons (Fsp3) is 0.933. The zero-order chi connectivity index (χ0) is 17.5.